The van der Waals surface area contributed by atoms with Gasteiger partial charge in [0.25, 0.3) is 0 Å². The molecule has 1 heteroatoms. The Bertz CT molecular complexity index is 302. The zero-order chi connectivity index (χ0) is 10.4. The van der Waals surface area contributed by atoms with Crippen LogP contribution in [-0.2, 0) is 6.42 Å². The first-order chi connectivity index (χ1) is 6.79. The average molecular weight is 189 g/mol. The molecule has 1 aliphatic carbocycles. The Morgan fingerprint density at radius 2 is 2.07 bits per heavy atom. The topological polar surface area (TPSA) is 12.0 Å². The van der Waals surface area contributed by atoms with E-state index in [0.717, 1.165) is 5.92 Å². The van der Waals surface area contributed by atoms with Crippen LogP contribution < -0.4 is 5.32 Å². The summed E-state index contributed by atoms with van der Waals surface area (Å²) in [6, 6.07) is 8.68. The number of hydrogen-bond acceptors (Lipinski definition) is 1. The lowest BCUT2D eigenvalue weighted by molar-refractivity contribution is 0.667. The van der Waals surface area contributed by atoms with Crippen LogP contribution in [0.4, 0.5) is 0 Å². The van der Waals surface area contributed by atoms with Gasteiger partial charge < -0.3 is 5.32 Å². The van der Waals surface area contributed by atoms with Crippen molar-refractivity contribution < 1.29 is 0 Å². The quantitative estimate of drug-likeness (QED) is 0.716. The molecule has 0 aromatic heterocycles. The Morgan fingerprint density at radius 1 is 1.36 bits per heavy atom. The van der Waals surface area contributed by atoms with Gasteiger partial charge in [0.05, 0.1) is 0 Å². The molecule has 1 aromatic carbocycles. The second kappa shape index (κ2) is 5.48. The summed E-state index contributed by atoms with van der Waals surface area (Å²) in [5, 5.41) is 2.84. The molecule has 1 aromatic rings. The van der Waals surface area contributed by atoms with E-state index in [1.165, 1.54) is 6.42 Å². The highest BCUT2D eigenvalue weighted by molar-refractivity contribution is 5.38. The summed E-state index contributed by atoms with van der Waals surface area (Å²) in [5.41, 5.74) is 3.10. The van der Waals surface area contributed by atoms with Crippen LogP contribution in [0.3, 0.4) is 0 Å². The van der Waals surface area contributed by atoms with Gasteiger partial charge >= 0.3 is 0 Å². The maximum absolute atomic E-state index is 2.84. The SMILES string of the molecule is C/C=C\NC.CC1Cc2ccccc21. The van der Waals surface area contributed by atoms with Crippen molar-refractivity contribution in [2.75, 3.05) is 7.05 Å². The molecule has 0 heterocycles. The molecule has 0 fully saturated rings. The Hall–Kier alpha value is -1.24. The van der Waals surface area contributed by atoms with E-state index < -0.39 is 0 Å². The molecule has 1 atom stereocenters. The largest absolute Gasteiger partial charge is 0.394 e. The maximum atomic E-state index is 2.84. The molecule has 1 nitrogen and oxygen atoms in total. The van der Waals surface area contributed by atoms with Gasteiger partial charge in [0.2, 0.25) is 0 Å². The van der Waals surface area contributed by atoms with E-state index in [9.17, 15) is 0 Å². The number of rotatable bonds is 1. The van der Waals surface area contributed by atoms with E-state index >= 15 is 0 Å². The highest BCUT2D eigenvalue weighted by Crippen LogP contribution is 2.33. The number of nitrogens with one attached hydrogen (secondary N) is 1. The maximum Gasteiger partial charge on any atom is 0.00276 e. The smallest absolute Gasteiger partial charge is 0.00276 e. The summed E-state index contributed by atoms with van der Waals surface area (Å²) in [6.07, 6.45) is 5.11. The second-order valence-corrected chi connectivity index (χ2v) is 3.59. The summed E-state index contributed by atoms with van der Waals surface area (Å²) >= 11 is 0. The van der Waals surface area contributed by atoms with E-state index in [2.05, 4.69) is 36.5 Å². The predicted octanol–water partition coefficient (Wildman–Crippen LogP) is 3.09. The van der Waals surface area contributed by atoms with Crippen LogP contribution in [0, 0.1) is 0 Å². The third-order valence-corrected chi connectivity index (χ3v) is 2.45. The molecule has 0 spiro atoms. The third kappa shape index (κ3) is 2.63. The summed E-state index contributed by atoms with van der Waals surface area (Å²) in [4.78, 5) is 0. The van der Waals surface area contributed by atoms with Crippen LogP contribution >= 0.6 is 0 Å². The fourth-order valence-electron chi connectivity index (χ4n) is 1.68. The molecule has 0 saturated carbocycles. The van der Waals surface area contributed by atoms with E-state index in [1.54, 1.807) is 11.1 Å². The Labute approximate surface area is 86.8 Å². The van der Waals surface area contributed by atoms with Crippen molar-refractivity contribution >= 4 is 0 Å². The third-order valence-electron chi connectivity index (χ3n) is 2.45. The van der Waals surface area contributed by atoms with Gasteiger partial charge in [0, 0.05) is 7.05 Å². The second-order valence-electron chi connectivity index (χ2n) is 3.59. The number of fused-ring (bicyclic) bond motifs is 1. The normalized spacial score (nSPS) is 17.8. The molecule has 1 unspecified atom stereocenters. The minimum absolute atomic E-state index is 0.821. The van der Waals surface area contributed by atoms with Crippen LogP contribution in [0.2, 0.25) is 0 Å². The number of hydrogen-bond donors (Lipinski definition) is 1. The molecule has 0 saturated heterocycles. The Kier molecular flexibility index (Phi) is 4.24. The molecule has 0 bridgehead atoms. The minimum Gasteiger partial charge on any atom is -0.394 e. The molecule has 76 valence electrons. The number of allylic oxidation sites excluding steroid dienone is 1. The highest BCUT2D eigenvalue weighted by atomic mass is 14.8. The van der Waals surface area contributed by atoms with Crippen LogP contribution in [-0.4, -0.2) is 7.05 Å². The first kappa shape index (κ1) is 10.8. The van der Waals surface area contributed by atoms with Crippen LogP contribution in [0.15, 0.2) is 36.5 Å². The molecular weight excluding hydrogens is 170 g/mol. The van der Waals surface area contributed by atoms with Gasteiger partial charge in [-0.1, -0.05) is 37.3 Å². The van der Waals surface area contributed by atoms with Crippen molar-refractivity contribution in [3.8, 4) is 0 Å². The molecule has 0 radical (unpaired) electrons. The van der Waals surface area contributed by atoms with Crippen molar-refractivity contribution in [3.63, 3.8) is 0 Å². The van der Waals surface area contributed by atoms with Gasteiger partial charge in [-0.3, -0.25) is 0 Å². The molecule has 1 N–H and O–H groups in total. The Balaban J connectivity index is 0.000000171. The summed E-state index contributed by atoms with van der Waals surface area (Å²) in [5.74, 6) is 0.821. The van der Waals surface area contributed by atoms with Crippen LogP contribution in [0.1, 0.15) is 30.9 Å². The fourth-order valence-corrected chi connectivity index (χ4v) is 1.68. The first-order valence-corrected chi connectivity index (χ1v) is 5.15. The van der Waals surface area contributed by atoms with Gasteiger partial charge in [-0.05, 0) is 36.6 Å². The molecule has 14 heavy (non-hydrogen) atoms. The van der Waals surface area contributed by atoms with Gasteiger partial charge in [-0.15, -0.1) is 0 Å². The van der Waals surface area contributed by atoms with Gasteiger partial charge in [0.1, 0.15) is 0 Å². The summed E-state index contributed by atoms with van der Waals surface area (Å²) < 4.78 is 0. The van der Waals surface area contributed by atoms with Crippen molar-refractivity contribution in [1.82, 2.24) is 5.32 Å². The van der Waals surface area contributed by atoms with Crippen molar-refractivity contribution in [1.29, 1.82) is 0 Å². The van der Waals surface area contributed by atoms with Gasteiger partial charge in [-0.2, -0.15) is 0 Å². The zero-order valence-corrected chi connectivity index (χ0v) is 9.25. The molecule has 2 rings (SSSR count). The van der Waals surface area contributed by atoms with E-state index in [4.69, 9.17) is 0 Å². The monoisotopic (exact) mass is 189 g/mol. The molecule has 0 amide bonds. The van der Waals surface area contributed by atoms with Crippen molar-refractivity contribution in [2.24, 2.45) is 0 Å². The lowest BCUT2D eigenvalue weighted by Crippen LogP contribution is -2.12. The van der Waals surface area contributed by atoms with Crippen molar-refractivity contribution in [2.45, 2.75) is 26.2 Å². The lowest BCUT2D eigenvalue weighted by atomic mass is 9.79. The fraction of sp³-hybridized carbons (Fsp3) is 0.385. The van der Waals surface area contributed by atoms with Crippen LogP contribution in [0.5, 0.6) is 0 Å². The van der Waals surface area contributed by atoms with Gasteiger partial charge in [-0.25, -0.2) is 0 Å². The minimum atomic E-state index is 0.821. The van der Waals surface area contributed by atoms with Gasteiger partial charge in [0.15, 0.2) is 0 Å². The van der Waals surface area contributed by atoms with Crippen LogP contribution in [0.25, 0.3) is 0 Å². The first-order valence-electron chi connectivity index (χ1n) is 5.15. The standard InChI is InChI=1S/C9H10.C4H9N/c1-7-6-8-4-2-3-5-9(7)8;1-3-4-5-2/h2-5,7H,6H2,1H3;3-5H,1-2H3/b;4-3-. The van der Waals surface area contributed by atoms with Crippen molar-refractivity contribution in [3.05, 3.63) is 47.7 Å². The van der Waals surface area contributed by atoms with E-state index in [-0.39, 0.29) is 0 Å². The molecular formula is C13H19N. The summed E-state index contributed by atoms with van der Waals surface area (Å²) in [6.45, 7) is 4.25. The zero-order valence-electron chi connectivity index (χ0n) is 9.25. The molecule has 1 aliphatic rings. The van der Waals surface area contributed by atoms with E-state index in [0.29, 0.717) is 0 Å². The number of benzene rings is 1. The highest BCUT2D eigenvalue weighted by Gasteiger charge is 2.19. The Morgan fingerprint density at radius 3 is 2.43 bits per heavy atom. The predicted molar refractivity (Wildman–Crippen MR) is 62.4 cm³/mol. The molecule has 0 aliphatic heterocycles. The summed E-state index contributed by atoms with van der Waals surface area (Å²) in [7, 11) is 1.88. The lowest BCUT2D eigenvalue weighted by Gasteiger charge is -2.25. The average Bonchev–Trinajstić information content (AvgIpc) is 2.19. The van der Waals surface area contributed by atoms with E-state index in [1.807, 2.05) is 26.2 Å².